The van der Waals surface area contributed by atoms with E-state index >= 15 is 0 Å². The Morgan fingerprint density at radius 3 is 1.95 bits per heavy atom. The number of aliphatic hydroxyl groups excluding tert-OH is 1. The smallest absolute Gasteiger partial charge is 0.334 e. The Morgan fingerprint density at radius 1 is 0.737 bits per heavy atom. The van der Waals surface area contributed by atoms with Crippen LogP contribution in [0, 0.1) is 0 Å². The van der Waals surface area contributed by atoms with Crippen LogP contribution in [0.2, 0.25) is 0 Å². The summed E-state index contributed by atoms with van der Waals surface area (Å²) in [6.07, 6.45) is 1.32. The predicted octanol–water partition coefficient (Wildman–Crippen LogP) is -0.156. The minimum absolute atomic E-state index is 0.0454. The summed E-state index contributed by atoms with van der Waals surface area (Å²) in [6, 6.07) is -3.79. The zero-order valence-electron chi connectivity index (χ0n) is 21.5. The van der Waals surface area contributed by atoms with Gasteiger partial charge in [0, 0.05) is 26.0 Å². The number of carboxylic acids is 3. The molecular formula is C23H39N3O12. The number of esters is 1. The molecule has 0 rings (SSSR count). The highest BCUT2D eigenvalue weighted by molar-refractivity contribution is 5.86. The highest BCUT2D eigenvalue weighted by Crippen LogP contribution is 2.04. The van der Waals surface area contributed by atoms with Crippen LogP contribution >= 0.6 is 0 Å². The summed E-state index contributed by atoms with van der Waals surface area (Å²) < 4.78 is 10.0. The second kappa shape index (κ2) is 20.6. The summed E-state index contributed by atoms with van der Waals surface area (Å²) in [6.45, 7) is 2.36. The van der Waals surface area contributed by atoms with Crippen LogP contribution in [0.5, 0.6) is 0 Å². The van der Waals surface area contributed by atoms with Crippen molar-refractivity contribution in [3.8, 4) is 0 Å². The van der Waals surface area contributed by atoms with Crippen LogP contribution in [0.3, 0.4) is 0 Å². The molecule has 0 spiro atoms. The molecule has 0 aromatic heterocycles. The van der Waals surface area contributed by atoms with Gasteiger partial charge >= 0.3 is 29.9 Å². The van der Waals surface area contributed by atoms with Gasteiger partial charge in [-0.3, -0.25) is 9.59 Å². The minimum Gasteiger partial charge on any atom is -0.481 e. The molecule has 0 aliphatic rings. The Kier molecular flexibility index (Phi) is 18.7. The summed E-state index contributed by atoms with van der Waals surface area (Å²) >= 11 is 0. The Balaban J connectivity index is 3.97. The Hall–Kier alpha value is -3.46. The van der Waals surface area contributed by atoms with E-state index in [0.29, 0.717) is 38.8 Å². The monoisotopic (exact) mass is 549 g/mol. The molecule has 0 fully saturated rings. The number of hydrogen-bond donors (Lipinski definition) is 7. The van der Waals surface area contributed by atoms with E-state index in [1.54, 1.807) is 0 Å². The number of urea groups is 1. The van der Waals surface area contributed by atoms with Gasteiger partial charge in [-0.05, 0) is 45.4 Å². The maximum atomic E-state index is 12.0. The van der Waals surface area contributed by atoms with Crippen molar-refractivity contribution in [2.75, 3.05) is 26.4 Å². The third-order valence-corrected chi connectivity index (χ3v) is 5.10. The first kappa shape index (κ1) is 34.5. The molecule has 218 valence electrons. The minimum atomic E-state index is -1.48. The summed E-state index contributed by atoms with van der Waals surface area (Å²) in [4.78, 5) is 68.0. The quantitative estimate of drug-likeness (QED) is 0.0689. The van der Waals surface area contributed by atoms with Gasteiger partial charge in [0.05, 0.1) is 6.61 Å². The second-order valence-electron chi connectivity index (χ2n) is 8.44. The number of aliphatic hydroxyl groups is 1. The molecule has 3 amide bonds. The van der Waals surface area contributed by atoms with Gasteiger partial charge in [-0.1, -0.05) is 6.42 Å². The van der Waals surface area contributed by atoms with Gasteiger partial charge in [-0.25, -0.2) is 19.2 Å². The van der Waals surface area contributed by atoms with Crippen LogP contribution in [-0.2, 0) is 33.4 Å². The number of ether oxygens (including phenoxy) is 2. The van der Waals surface area contributed by atoms with Gasteiger partial charge < -0.3 is 45.9 Å². The number of carbonyl (C=O) groups excluding carboxylic acids is 3. The lowest BCUT2D eigenvalue weighted by Crippen LogP contribution is -2.51. The van der Waals surface area contributed by atoms with Crippen molar-refractivity contribution in [1.82, 2.24) is 16.0 Å². The fourth-order valence-electron chi connectivity index (χ4n) is 3.02. The van der Waals surface area contributed by atoms with Gasteiger partial charge in [0.25, 0.3) is 0 Å². The molecule has 7 N–H and O–H groups in total. The number of aliphatic carboxylic acids is 3. The lowest BCUT2D eigenvalue weighted by atomic mass is 10.1. The van der Waals surface area contributed by atoms with Crippen LogP contribution < -0.4 is 16.0 Å². The molecule has 0 heterocycles. The van der Waals surface area contributed by atoms with Crippen molar-refractivity contribution in [1.29, 1.82) is 0 Å². The normalized spacial score (nSPS) is 13.0. The molecule has 3 atom stereocenters. The van der Waals surface area contributed by atoms with E-state index in [-0.39, 0.29) is 32.0 Å². The van der Waals surface area contributed by atoms with E-state index in [0.717, 1.165) is 12.8 Å². The average Bonchev–Trinajstić information content (AvgIpc) is 2.83. The first-order chi connectivity index (χ1) is 17.9. The SMILES string of the molecule is C[C@H](O)C(=O)OCCOCCCCCC(=O)NCCCC[C@H](NC(=O)N[C@@H](CCC(=O)O)C(=O)O)C(=O)O. The number of unbranched alkanes of at least 4 members (excludes halogenated alkanes) is 3. The van der Waals surface area contributed by atoms with Crippen LogP contribution in [0.4, 0.5) is 4.79 Å². The third-order valence-electron chi connectivity index (χ3n) is 5.10. The van der Waals surface area contributed by atoms with Crippen LogP contribution in [-0.4, -0.2) is 101 Å². The van der Waals surface area contributed by atoms with Crippen LogP contribution in [0.15, 0.2) is 0 Å². The van der Waals surface area contributed by atoms with E-state index in [2.05, 4.69) is 16.0 Å². The molecule has 0 bridgehead atoms. The molecule has 38 heavy (non-hydrogen) atoms. The lowest BCUT2D eigenvalue weighted by molar-refractivity contribution is -0.154. The fourth-order valence-corrected chi connectivity index (χ4v) is 3.02. The van der Waals surface area contributed by atoms with Gasteiger partial charge in [-0.15, -0.1) is 0 Å². The Morgan fingerprint density at radius 2 is 1.37 bits per heavy atom. The van der Waals surface area contributed by atoms with Crippen LogP contribution in [0.25, 0.3) is 0 Å². The zero-order chi connectivity index (χ0) is 28.9. The number of amides is 3. The standard InChI is InChI=1S/C23H39N3O12/c1-15(27)22(35)38-14-13-37-12-6-2-3-8-18(28)24-11-5-4-7-16(20(31)32)25-23(36)26-17(21(33)34)9-10-19(29)30/h15-17,27H,2-14H2,1H3,(H,24,28)(H,29,30)(H,31,32)(H,33,34)(H2,25,26,36)/t15-,16-,17-/m0/s1. The lowest BCUT2D eigenvalue weighted by Gasteiger charge is -2.18. The number of hydrogen-bond acceptors (Lipinski definition) is 9. The molecule has 0 unspecified atom stereocenters. The van der Waals surface area contributed by atoms with Crippen molar-refractivity contribution in [3.63, 3.8) is 0 Å². The summed E-state index contributed by atoms with van der Waals surface area (Å²) in [7, 11) is 0. The molecule has 0 aliphatic carbocycles. The topological polar surface area (TPSA) is 238 Å². The maximum Gasteiger partial charge on any atom is 0.334 e. The van der Waals surface area contributed by atoms with Crippen molar-refractivity contribution in [3.05, 3.63) is 0 Å². The summed E-state index contributed by atoms with van der Waals surface area (Å²) in [5.74, 6) is -4.84. The van der Waals surface area contributed by atoms with Gasteiger partial charge in [0.15, 0.2) is 0 Å². The van der Waals surface area contributed by atoms with E-state index < -0.39 is 54.5 Å². The fraction of sp³-hybridized carbons (Fsp3) is 0.739. The Bertz CT molecular complexity index is 775. The number of carbonyl (C=O) groups is 6. The molecule has 0 saturated carbocycles. The van der Waals surface area contributed by atoms with E-state index in [4.69, 9.17) is 24.8 Å². The Labute approximate surface area is 220 Å². The van der Waals surface area contributed by atoms with Gasteiger partial charge in [0.1, 0.15) is 24.8 Å². The van der Waals surface area contributed by atoms with Crippen molar-refractivity contribution in [2.45, 2.75) is 82.9 Å². The molecule has 0 aromatic rings. The largest absolute Gasteiger partial charge is 0.481 e. The van der Waals surface area contributed by atoms with Gasteiger partial charge in [-0.2, -0.15) is 0 Å². The molecule has 15 nitrogen and oxygen atoms in total. The first-order valence-corrected chi connectivity index (χ1v) is 12.4. The zero-order valence-corrected chi connectivity index (χ0v) is 21.5. The summed E-state index contributed by atoms with van der Waals surface area (Å²) in [5, 5.41) is 42.9. The van der Waals surface area contributed by atoms with Crippen molar-refractivity contribution >= 4 is 35.8 Å². The van der Waals surface area contributed by atoms with E-state index in [9.17, 15) is 33.9 Å². The second-order valence-corrected chi connectivity index (χ2v) is 8.44. The van der Waals surface area contributed by atoms with E-state index in [1.807, 2.05) is 0 Å². The molecule has 0 aromatic carbocycles. The summed E-state index contributed by atoms with van der Waals surface area (Å²) in [5.41, 5.74) is 0. The number of rotatable bonds is 22. The first-order valence-electron chi connectivity index (χ1n) is 12.4. The van der Waals surface area contributed by atoms with Crippen molar-refractivity contribution < 1.29 is 58.7 Å². The highest BCUT2D eigenvalue weighted by atomic mass is 16.6. The molecule has 0 aliphatic heterocycles. The highest BCUT2D eigenvalue weighted by Gasteiger charge is 2.24. The predicted molar refractivity (Wildman–Crippen MR) is 130 cm³/mol. The molecular weight excluding hydrogens is 510 g/mol. The van der Waals surface area contributed by atoms with E-state index in [1.165, 1.54) is 6.92 Å². The van der Waals surface area contributed by atoms with Crippen molar-refractivity contribution in [2.24, 2.45) is 0 Å². The maximum absolute atomic E-state index is 12.0. The molecule has 15 heteroatoms. The molecule has 0 saturated heterocycles. The van der Waals surface area contributed by atoms with Gasteiger partial charge in [0.2, 0.25) is 5.91 Å². The van der Waals surface area contributed by atoms with Crippen LogP contribution in [0.1, 0.15) is 64.7 Å². The third kappa shape index (κ3) is 18.8. The number of carboxylic acid groups (broad SMARTS) is 3. The molecule has 0 radical (unpaired) electrons. The number of nitrogens with one attached hydrogen (secondary N) is 3. The average molecular weight is 550 g/mol.